The van der Waals surface area contributed by atoms with E-state index in [1.165, 1.54) is 0 Å². The van der Waals surface area contributed by atoms with Crippen LogP contribution in [0.5, 0.6) is 0 Å². The Morgan fingerprint density at radius 1 is 1.62 bits per heavy atom. The lowest BCUT2D eigenvalue weighted by atomic mass is 9.90. The molecule has 2 unspecified atom stereocenters. The Morgan fingerprint density at radius 3 is 2.50 bits per heavy atom. The van der Waals surface area contributed by atoms with Crippen LogP contribution in [0.1, 0.15) is 19.8 Å². The Bertz CT molecular complexity index is 74.9. The molecule has 0 bridgehead atoms. The highest BCUT2D eigenvalue weighted by Gasteiger charge is 2.27. The predicted molar refractivity (Wildman–Crippen MR) is 32.6 cm³/mol. The van der Waals surface area contributed by atoms with E-state index in [0.29, 0.717) is 12.1 Å². The summed E-state index contributed by atoms with van der Waals surface area (Å²) in [5, 5.41) is 0. The first-order valence-electron chi connectivity index (χ1n) is 3.21. The third-order valence-corrected chi connectivity index (χ3v) is 1.64. The lowest BCUT2D eigenvalue weighted by Gasteiger charge is -2.32. The molecule has 0 aromatic carbocycles. The predicted octanol–water partition coefficient (Wildman–Crippen LogP) is 0.513. The molecule has 0 heterocycles. The maximum Gasteiger partial charge on any atom is 0.0726 e. The van der Waals surface area contributed by atoms with E-state index in [9.17, 15) is 0 Å². The van der Waals surface area contributed by atoms with Gasteiger partial charge in [-0.25, -0.2) is 0 Å². The van der Waals surface area contributed by atoms with Gasteiger partial charge < -0.3 is 10.5 Å². The van der Waals surface area contributed by atoms with Crippen LogP contribution in [0, 0.1) is 0 Å². The van der Waals surface area contributed by atoms with Crippen LogP contribution in [0.3, 0.4) is 0 Å². The van der Waals surface area contributed by atoms with Gasteiger partial charge in [-0.1, -0.05) is 0 Å². The standard InChI is InChI=1S/C6H13NO/c1-2-8-6-4-3-5(6)7/h5-6H,2-4,7H2,1H3. The summed E-state index contributed by atoms with van der Waals surface area (Å²) >= 11 is 0. The highest BCUT2D eigenvalue weighted by atomic mass is 16.5. The lowest BCUT2D eigenvalue weighted by Crippen LogP contribution is -2.45. The molecule has 1 aliphatic rings. The first-order chi connectivity index (χ1) is 3.84. The topological polar surface area (TPSA) is 35.2 Å². The second-order valence-electron chi connectivity index (χ2n) is 2.23. The third kappa shape index (κ3) is 1.01. The van der Waals surface area contributed by atoms with Gasteiger partial charge in [-0.3, -0.25) is 0 Å². The summed E-state index contributed by atoms with van der Waals surface area (Å²) in [5.41, 5.74) is 5.58. The van der Waals surface area contributed by atoms with Crippen molar-refractivity contribution in [2.75, 3.05) is 6.61 Å². The van der Waals surface area contributed by atoms with Gasteiger partial charge in [0.25, 0.3) is 0 Å². The average Bonchev–Trinajstić information content (AvgIpc) is 1.79. The second kappa shape index (κ2) is 2.46. The molecule has 0 aromatic rings. The molecule has 48 valence electrons. The molecule has 1 saturated carbocycles. The van der Waals surface area contributed by atoms with Crippen LogP contribution in [-0.2, 0) is 4.74 Å². The molecule has 2 N–H and O–H groups in total. The number of hydrogen-bond acceptors (Lipinski definition) is 2. The summed E-state index contributed by atoms with van der Waals surface area (Å²) < 4.78 is 5.27. The van der Waals surface area contributed by atoms with E-state index in [4.69, 9.17) is 10.5 Å². The number of rotatable bonds is 2. The SMILES string of the molecule is CCOC1CCC1N. The summed E-state index contributed by atoms with van der Waals surface area (Å²) in [7, 11) is 0. The zero-order valence-corrected chi connectivity index (χ0v) is 5.26. The van der Waals surface area contributed by atoms with Crippen molar-refractivity contribution >= 4 is 0 Å². The van der Waals surface area contributed by atoms with Crippen molar-refractivity contribution in [3.8, 4) is 0 Å². The lowest BCUT2D eigenvalue weighted by molar-refractivity contribution is -0.00726. The van der Waals surface area contributed by atoms with Crippen molar-refractivity contribution in [3.63, 3.8) is 0 Å². The van der Waals surface area contributed by atoms with Crippen LogP contribution in [-0.4, -0.2) is 18.8 Å². The highest BCUT2D eigenvalue weighted by molar-refractivity contribution is 4.84. The largest absolute Gasteiger partial charge is 0.377 e. The van der Waals surface area contributed by atoms with Crippen molar-refractivity contribution in [3.05, 3.63) is 0 Å². The van der Waals surface area contributed by atoms with Crippen molar-refractivity contribution in [2.45, 2.75) is 31.9 Å². The molecule has 0 aromatic heterocycles. The number of hydrogen-bond donors (Lipinski definition) is 1. The zero-order chi connectivity index (χ0) is 5.98. The second-order valence-corrected chi connectivity index (χ2v) is 2.23. The van der Waals surface area contributed by atoms with Gasteiger partial charge in [0.15, 0.2) is 0 Å². The quantitative estimate of drug-likeness (QED) is 0.569. The summed E-state index contributed by atoms with van der Waals surface area (Å²) in [6, 6.07) is 0.329. The van der Waals surface area contributed by atoms with Crippen LogP contribution in [0.15, 0.2) is 0 Å². The fourth-order valence-electron chi connectivity index (χ4n) is 0.916. The van der Waals surface area contributed by atoms with E-state index in [0.717, 1.165) is 19.4 Å². The molecular weight excluding hydrogens is 102 g/mol. The molecule has 0 aliphatic heterocycles. The monoisotopic (exact) mass is 115 g/mol. The Kier molecular flexibility index (Phi) is 1.86. The molecule has 0 spiro atoms. The van der Waals surface area contributed by atoms with E-state index in [-0.39, 0.29) is 0 Å². The molecule has 2 nitrogen and oxygen atoms in total. The average molecular weight is 115 g/mol. The Balaban J connectivity index is 2.08. The maximum atomic E-state index is 5.58. The molecule has 1 fully saturated rings. The normalized spacial score (nSPS) is 36.8. The summed E-state index contributed by atoms with van der Waals surface area (Å²) in [5.74, 6) is 0. The van der Waals surface area contributed by atoms with Crippen molar-refractivity contribution < 1.29 is 4.74 Å². The van der Waals surface area contributed by atoms with Crippen LogP contribution in [0.4, 0.5) is 0 Å². The van der Waals surface area contributed by atoms with Gasteiger partial charge in [-0.15, -0.1) is 0 Å². The molecule has 0 amide bonds. The molecule has 2 atom stereocenters. The van der Waals surface area contributed by atoms with Gasteiger partial charge in [0.2, 0.25) is 0 Å². The zero-order valence-electron chi connectivity index (χ0n) is 5.26. The molecule has 0 saturated heterocycles. The van der Waals surface area contributed by atoms with Gasteiger partial charge in [-0.2, -0.15) is 0 Å². The van der Waals surface area contributed by atoms with Gasteiger partial charge in [-0.05, 0) is 19.8 Å². The fraction of sp³-hybridized carbons (Fsp3) is 1.00. The Labute approximate surface area is 50.0 Å². The van der Waals surface area contributed by atoms with Gasteiger partial charge in [0.1, 0.15) is 0 Å². The van der Waals surface area contributed by atoms with Gasteiger partial charge >= 0.3 is 0 Å². The highest BCUT2D eigenvalue weighted by Crippen LogP contribution is 2.20. The van der Waals surface area contributed by atoms with Crippen LogP contribution < -0.4 is 5.73 Å². The van der Waals surface area contributed by atoms with E-state index in [1.807, 2.05) is 6.92 Å². The van der Waals surface area contributed by atoms with E-state index in [1.54, 1.807) is 0 Å². The number of ether oxygens (including phenoxy) is 1. The van der Waals surface area contributed by atoms with Crippen molar-refractivity contribution in [1.82, 2.24) is 0 Å². The molecule has 1 aliphatic carbocycles. The summed E-state index contributed by atoms with van der Waals surface area (Å²) in [6.07, 6.45) is 2.68. The minimum Gasteiger partial charge on any atom is -0.377 e. The first kappa shape index (κ1) is 6.05. The molecule has 1 rings (SSSR count). The third-order valence-electron chi connectivity index (χ3n) is 1.64. The van der Waals surface area contributed by atoms with Gasteiger partial charge in [0.05, 0.1) is 6.10 Å². The first-order valence-corrected chi connectivity index (χ1v) is 3.21. The molecule has 0 radical (unpaired) electrons. The minimum atomic E-state index is 0.329. The van der Waals surface area contributed by atoms with E-state index >= 15 is 0 Å². The molecular formula is C6H13NO. The smallest absolute Gasteiger partial charge is 0.0726 e. The summed E-state index contributed by atoms with van der Waals surface area (Å²) in [4.78, 5) is 0. The minimum absolute atomic E-state index is 0.329. The summed E-state index contributed by atoms with van der Waals surface area (Å²) in [6.45, 7) is 2.81. The number of nitrogens with two attached hydrogens (primary N) is 1. The Morgan fingerprint density at radius 2 is 2.38 bits per heavy atom. The van der Waals surface area contributed by atoms with Gasteiger partial charge in [0, 0.05) is 12.6 Å². The van der Waals surface area contributed by atoms with E-state index < -0.39 is 0 Å². The Hall–Kier alpha value is -0.0800. The maximum absolute atomic E-state index is 5.58. The van der Waals surface area contributed by atoms with Crippen LogP contribution >= 0.6 is 0 Å². The molecule has 2 heteroatoms. The fourth-order valence-corrected chi connectivity index (χ4v) is 0.916. The van der Waals surface area contributed by atoms with Crippen LogP contribution in [0.25, 0.3) is 0 Å². The van der Waals surface area contributed by atoms with Crippen molar-refractivity contribution in [1.29, 1.82) is 0 Å². The van der Waals surface area contributed by atoms with Crippen LogP contribution in [0.2, 0.25) is 0 Å². The van der Waals surface area contributed by atoms with E-state index in [2.05, 4.69) is 0 Å². The van der Waals surface area contributed by atoms with Crippen molar-refractivity contribution in [2.24, 2.45) is 5.73 Å². The molecule has 8 heavy (non-hydrogen) atoms.